The van der Waals surface area contributed by atoms with Gasteiger partial charge in [0.1, 0.15) is 6.33 Å². The van der Waals surface area contributed by atoms with Crippen molar-refractivity contribution in [1.29, 1.82) is 0 Å². The lowest BCUT2D eigenvalue weighted by atomic mass is 10.0. The van der Waals surface area contributed by atoms with E-state index in [9.17, 15) is 0 Å². The molecule has 2 heterocycles. The van der Waals surface area contributed by atoms with Gasteiger partial charge in [0.05, 0.1) is 20.4 Å². The Balaban J connectivity index is 2.31. The van der Waals surface area contributed by atoms with E-state index in [-0.39, 0.29) is 0 Å². The number of rotatable bonds is 1. The van der Waals surface area contributed by atoms with Crippen molar-refractivity contribution in [2.75, 3.05) is 0 Å². The van der Waals surface area contributed by atoms with E-state index < -0.39 is 0 Å². The summed E-state index contributed by atoms with van der Waals surface area (Å²) in [6.07, 6.45) is 1.63. The predicted molar refractivity (Wildman–Crippen MR) is 80.0 cm³/mol. The van der Waals surface area contributed by atoms with Gasteiger partial charge in [-0.25, -0.2) is 9.97 Å². The van der Waals surface area contributed by atoms with E-state index in [1.54, 1.807) is 17.7 Å². The number of hydrogen-bond donors (Lipinski definition) is 0. The summed E-state index contributed by atoms with van der Waals surface area (Å²) < 4.78 is 2.17. The van der Waals surface area contributed by atoms with Crippen LogP contribution in [0.5, 0.6) is 0 Å². The summed E-state index contributed by atoms with van der Waals surface area (Å²) in [6.45, 7) is 4.22. The fraction of sp³-hybridized carbons (Fsp3) is 0.143. The van der Waals surface area contributed by atoms with E-state index in [2.05, 4.69) is 63.3 Å². The standard InChI is InChI=1S/C14H11BrN2S/c1-8-3-9(2)5-10(4-8)12-14-13(17-7-16-12)11(15)6-18-14/h3-7H,1-2H3. The monoisotopic (exact) mass is 318 g/mol. The fourth-order valence-corrected chi connectivity index (χ4v) is 3.74. The van der Waals surface area contributed by atoms with Crippen LogP contribution in [0.2, 0.25) is 0 Å². The highest BCUT2D eigenvalue weighted by Gasteiger charge is 2.11. The Hall–Kier alpha value is -1.26. The van der Waals surface area contributed by atoms with Crippen LogP contribution >= 0.6 is 27.3 Å². The van der Waals surface area contributed by atoms with Crippen LogP contribution < -0.4 is 0 Å². The Labute approximate surface area is 118 Å². The summed E-state index contributed by atoms with van der Waals surface area (Å²) in [4.78, 5) is 8.78. The molecule has 90 valence electrons. The first kappa shape index (κ1) is 11.8. The minimum absolute atomic E-state index is 0.990. The number of thiophene rings is 1. The average Bonchev–Trinajstić information content (AvgIpc) is 2.70. The molecule has 0 aliphatic carbocycles. The Morgan fingerprint density at radius 3 is 2.50 bits per heavy atom. The third kappa shape index (κ3) is 1.95. The van der Waals surface area contributed by atoms with Crippen LogP contribution in [0.25, 0.3) is 21.5 Å². The molecule has 0 N–H and O–H groups in total. The molecule has 0 saturated heterocycles. The molecule has 2 aromatic heterocycles. The molecule has 0 aliphatic heterocycles. The molecule has 0 aliphatic rings. The molecule has 0 amide bonds. The molecule has 0 fully saturated rings. The average molecular weight is 319 g/mol. The van der Waals surface area contributed by atoms with Gasteiger partial charge in [-0.3, -0.25) is 0 Å². The van der Waals surface area contributed by atoms with Gasteiger partial charge in [-0.1, -0.05) is 17.2 Å². The first-order valence-corrected chi connectivity index (χ1v) is 7.29. The van der Waals surface area contributed by atoms with Gasteiger partial charge in [-0.2, -0.15) is 0 Å². The second-order valence-corrected chi connectivity index (χ2v) is 6.09. The maximum absolute atomic E-state index is 4.45. The fourth-order valence-electron chi connectivity index (χ4n) is 2.14. The third-order valence-electron chi connectivity index (χ3n) is 2.81. The molecule has 18 heavy (non-hydrogen) atoms. The molecule has 0 spiro atoms. The molecule has 3 aromatic rings. The highest BCUT2D eigenvalue weighted by Crippen LogP contribution is 2.35. The smallest absolute Gasteiger partial charge is 0.116 e. The maximum Gasteiger partial charge on any atom is 0.116 e. The zero-order valence-electron chi connectivity index (χ0n) is 10.1. The van der Waals surface area contributed by atoms with Crippen molar-refractivity contribution in [2.24, 2.45) is 0 Å². The first-order chi connectivity index (χ1) is 8.65. The molecule has 0 unspecified atom stereocenters. The molecule has 0 saturated carbocycles. The molecule has 0 bridgehead atoms. The van der Waals surface area contributed by atoms with Crippen LogP contribution in [0.4, 0.5) is 0 Å². The lowest BCUT2D eigenvalue weighted by Crippen LogP contribution is -1.88. The number of benzene rings is 1. The van der Waals surface area contributed by atoms with Crippen LogP contribution in [0.3, 0.4) is 0 Å². The molecule has 0 atom stereocenters. The normalized spacial score (nSPS) is 11.1. The van der Waals surface area contributed by atoms with Crippen molar-refractivity contribution in [1.82, 2.24) is 9.97 Å². The summed E-state index contributed by atoms with van der Waals surface area (Å²) in [6, 6.07) is 6.51. The topological polar surface area (TPSA) is 25.8 Å². The quantitative estimate of drug-likeness (QED) is 0.647. The second-order valence-electron chi connectivity index (χ2n) is 4.36. The number of aromatic nitrogens is 2. The summed E-state index contributed by atoms with van der Waals surface area (Å²) in [5, 5.41) is 2.06. The minimum atomic E-state index is 0.990. The van der Waals surface area contributed by atoms with E-state index in [1.165, 1.54) is 11.1 Å². The Kier molecular flexibility index (Phi) is 2.92. The molecule has 1 aromatic carbocycles. The number of halogens is 1. The van der Waals surface area contributed by atoms with Gasteiger partial charge < -0.3 is 0 Å². The number of fused-ring (bicyclic) bond motifs is 1. The van der Waals surface area contributed by atoms with Crippen molar-refractivity contribution in [2.45, 2.75) is 13.8 Å². The Bertz CT molecular complexity index is 713. The number of aryl methyl sites for hydroxylation is 2. The van der Waals surface area contributed by atoms with Gasteiger partial charge in [-0.15, -0.1) is 11.3 Å². The highest BCUT2D eigenvalue weighted by molar-refractivity contribution is 9.10. The largest absolute Gasteiger partial charge is 0.235 e. The van der Waals surface area contributed by atoms with Crippen molar-refractivity contribution in [3.05, 3.63) is 45.5 Å². The van der Waals surface area contributed by atoms with Crippen LogP contribution in [-0.4, -0.2) is 9.97 Å². The number of nitrogens with zero attached hydrogens (tertiary/aromatic N) is 2. The first-order valence-electron chi connectivity index (χ1n) is 5.61. The van der Waals surface area contributed by atoms with Crippen molar-refractivity contribution >= 4 is 37.5 Å². The Morgan fingerprint density at radius 2 is 1.78 bits per heavy atom. The van der Waals surface area contributed by atoms with Gasteiger partial charge in [0.2, 0.25) is 0 Å². The maximum atomic E-state index is 4.45. The van der Waals surface area contributed by atoms with E-state index in [0.717, 1.165) is 25.9 Å². The molecular weight excluding hydrogens is 308 g/mol. The van der Waals surface area contributed by atoms with Crippen molar-refractivity contribution in [3.63, 3.8) is 0 Å². The zero-order valence-corrected chi connectivity index (χ0v) is 12.5. The van der Waals surface area contributed by atoms with Crippen molar-refractivity contribution in [3.8, 4) is 11.3 Å². The van der Waals surface area contributed by atoms with Crippen LogP contribution in [0, 0.1) is 13.8 Å². The highest BCUT2D eigenvalue weighted by atomic mass is 79.9. The van der Waals surface area contributed by atoms with E-state index in [1.807, 2.05) is 0 Å². The predicted octanol–water partition coefficient (Wildman–Crippen LogP) is 4.74. The van der Waals surface area contributed by atoms with Gasteiger partial charge >= 0.3 is 0 Å². The summed E-state index contributed by atoms with van der Waals surface area (Å²) in [7, 11) is 0. The molecule has 2 nitrogen and oxygen atoms in total. The van der Waals surface area contributed by atoms with Gasteiger partial charge in [0, 0.05) is 10.9 Å². The van der Waals surface area contributed by atoms with Crippen LogP contribution in [0.15, 0.2) is 34.4 Å². The van der Waals surface area contributed by atoms with Crippen LogP contribution in [-0.2, 0) is 0 Å². The SMILES string of the molecule is Cc1cc(C)cc(-c2ncnc3c(Br)csc23)c1. The molecular formula is C14H11BrN2S. The summed E-state index contributed by atoms with van der Waals surface area (Å²) in [5.41, 5.74) is 5.68. The molecule has 0 radical (unpaired) electrons. The molecule has 4 heteroatoms. The van der Waals surface area contributed by atoms with Crippen LogP contribution in [0.1, 0.15) is 11.1 Å². The minimum Gasteiger partial charge on any atom is -0.235 e. The molecule has 3 rings (SSSR count). The lowest BCUT2D eigenvalue weighted by molar-refractivity contribution is 1.22. The zero-order chi connectivity index (χ0) is 12.7. The van der Waals surface area contributed by atoms with E-state index in [4.69, 9.17) is 0 Å². The summed E-state index contributed by atoms with van der Waals surface area (Å²) in [5.74, 6) is 0. The van der Waals surface area contributed by atoms with Gasteiger partial charge in [0.15, 0.2) is 0 Å². The van der Waals surface area contributed by atoms with E-state index in [0.29, 0.717) is 0 Å². The second kappa shape index (κ2) is 4.44. The van der Waals surface area contributed by atoms with Gasteiger partial charge in [-0.05, 0) is 41.9 Å². The number of hydrogen-bond acceptors (Lipinski definition) is 3. The summed E-state index contributed by atoms with van der Waals surface area (Å²) >= 11 is 5.20. The Morgan fingerprint density at radius 1 is 1.06 bits per heavy atom. The van der Waals surface area contributed by atoms with Crippen molar-refractivity contribution < 1.29 is 0 Å². The van der Waals surface area contributed by atoms with E-state index >= 15 is 0 Å². The van der Waals surface area contributed by atoms with Gasteiger partial charge in [0.25, 0.3) is 0 Å². The lowest BCUT2D eigenvalue weighted by Gasteiger charge is -2.05. The third-order valence-corrected chi connectivity index (χ3v) is 4.69.